The molecule has 26 heavy (non-hydrogen) atoms. The zero-order valence-electron chi connectivity index (χ0n) is 14.7. The van der Waals surface area contributed by atoms with E-state index in [1.54, 1.807) is 12.1 Å². The molecule has 1 aromatic heterocycles. The molecule has 0 spiro atoms. The van der Waals surface area contributed by atoms with Gasteiger partial charge in [0.05, 0.1) is 16.2 Å². The maximum Gasteiger partial charge on any atom is 0.269 e. The molecule has 0 unspecified atom stereocenters. The van der Waals surface area contributed by atoms with Crippen molar-refractivity contribution in [2.24, 2.45) is 0 Å². The van der Waals surface area contributed by atoms with Gasteiger partial charge in [0.2, 0.25) is 0 Å². The lowest BCUT2D eigenvalue weighted by molar-refractivity contribution is -0.384. The minimum Gasteiger partial charge on any atom is -0.301 e. The van der Waals surface area contributed by atoms with Crippen molar-refractivity contribution < 1.29 is 4.92 Å². The number of rotatable bonds is 6. The molecule has 0 aliphatic carbocycles. The first-order valence-corrected chi connectivity index (χ1v) is 9.70. The normalized spacial score (nSPS) is 15.1. The Labute approximate surface area is 156 Å². The Morgan fingerprint density at radius 1 is 1.31 bits per heavy atom. The molecule has 8 heteroatoms. The van der Waals surface area contributed by atoms with Crippen molar-refractivity contribution in [2.45, 2.75) is 43.6 Å². The van der Waals surface area contributed by atoms with E-state index in [4.69, 9.17) is 0 Å². The number of benzene rings is 1. The third-order valence-corrected chi connectivity index (χ3v) is 5.47. The second-order valence-corrected chi connectivity index (χ2v) is 7.45. The molecule has 3 rings (SSSR count). The van der Waals surface area contributed by atoms with Crippen LogP contribution in [0.2, 0.25) is 0 Å². The first-order chi connectivity index (χ1) is 12.5. The van der Waals surface area contributed by atoms with Crippen LogP contribution < -0.4 is 5.56 Å². The van der Waals surface area contributed by atoms with Crippen molar-refractivity contribution in [3.8, 4) is 0 Å². The van der Waals surface area contributed by atoms with Crippen molar-refractivity contribution in [3.05, 3.63) is 61.6 Å². The molecule has 0 saturated carbocycles. The van der Waals surface area contributed by atoms with Crippen LogP contribution in [-0.2, 0) is 12.3 Å². The van der Waals surface area contributed by atoms with Gasteiger partial charge >= 0.3 is 0 Å². The lowest BCUT2D eigenvalue weighted by atomic mass is 10.1. The molecule has 1 aromatic carbocycles. The summed E-state index contributed by atoms with van der Waals surface area (Å²) in [5.41, 5.74) is 2.27. The summed E-state index contributed by atoms with van der Waals surface area (Å²) in [6.07, 6.45) is 3.63. The average Bonchev–Trinajstić information content (AvgIpc) is 2.64. The van der Waals surface area contributed by atoms with E-state index in [0.29, 0.717) is 17.5 Å². The van der Waals surface area contributed by atoms with Gasteiger partial charge in [-0.1, -0.05) is 30.3 Å². The Balaban J connectivity index is 1.68. The minimum absolute atomic E-state index is 0.0672. The van der Waals surface area contributed by atoms with Crippen LogP contribution in [0.3, 0.4) is 0 Å². The number of aromatic amines is 1. The van der Waals surface area contributed by atoms with Gasteiger partial charge in [0.25, 0.3) is 11.2 Å². The maximum absolute atomic E-state index is 12.5. The highest BCUT2D eigenvalue weighted by atomic mass is 32.2. The highest BCUT2D eigenvalue weighted by Crippen LogP contribution is 2.22. The van der Waals surface area contributed by atoms with Gasteiger partial charge in [-0.3, -0.25) is 19.8 Å². The van der Waals surface area contributed by atoms with Gasteiger partial charge < -0.3 is 4.98 Å². The molecule has 0 amide bonds. The summed E-state index contributed by atoms with van der Waals surface area (Å²) >= 11 is 1.37. The third-order valence-electron chi connectivity index (χ3n) is 4.53. The van der Waals surface area contributed by atoms with E-state index in [2.05, 4.69) is 14.9 Å². The molecule has 1 N–H and O–H groups in total. The Kier molecular flexibility index (Phi) is 6.05. The summed E-state index contributed by atoms with van der Waals surface area (Å²) in [7, 11) is 0. The van der Waals surface area contributed by atoms with E-state index in [-0.39, 0.29) is 11.2 Å². The molecule has 2 aromatic rings. The molecule has 0 atom stereocenters. The monoisotopic (exact) mass is 374 g/mol. The van der Waals surface area contributed by atoms with E-state index in [0.717, 1.165) is 29.9 Å². The first-order valence-electron chi connectivity index (χ1n) is 8.71. The van der Waals surface area contributed by atoms with Crippen LogP contribution >= 0.6 is 11.8 Å². The van der Waals surface area contributed by atoms with Gasteiger partial charge in [0.1, 0.15) is 0 Å². The number of aromatic nitrogens is 2. The minimum atomic E-state index is -0.409. The SMILES string of the molecule is Cc1nc(SCc2cccc([N+](=O)[O-])c2)[nH]c(=O)c1CN1CCCCC1. The van der Waals surface area contributed by atoms with Crippen LogP contribution in [0.1, 0.15) is 36.1 Å². The van der Waals surface area contributed by atoms with Gasteiger partial charge in [-0.15, -0.1) is 0 Å². The lowest BCUT2D eigenvalue weighted by Crippen LogP contribution is -2.32. The van der Waals surface area contributed by atoms with Crippen LogP contribution in [0.5, 0.6) is 0 Å². The molecule has 2 heterocycles. The molecule has 1 fully saturated rings. The number of nitrogens with zero attached hydrogens (tertiary/aromatic N) is 3. The number of non-ortho nitro benzene ring substituents is 1. The summed E-state index contributed by atoms with van der Waals surface area (Å²) in [5, 5.41) is 11.4. The number of likely N-dealkylation sites (tertiary alicyclic amines) is 1. The lowest BCUT2D eigenvalue weighted by Gasteiger charge is -2.26. The zero-order valence-corrected chi connectivity index (χ0v) is 15.6. The number of hydrogen-bond acceptors (Lipinski definition) is 6. The Bertz CT molecular complexity index is 847. The topological polar surface area (TPSA) is 92.1 Å². The van der Waals surface area contributed by atoms with Crippen LogP contribution in [0, 0.1) is 17.0 Å². The second kappa shape index (κ2) is 8.46. The number of piperidine rings is 1. The molecule has 0 bridgehead atoms. The van der Waals surface area contributed by atoms with E-state index in [1.165, 1.54) is 37.1 Å². The Morgan fingerprint density at radius 3 is 2.77 bits per heavy atom. The van der Waals surface area contributed by atoms with E-state index >= 15 is 0 Å². The molecule has 7 nitrogen and oxygen atoms in total. The summed E-state index contributed by atoms with van der Waals surface area (Å²) in [5.74, 6) is 0.509. The fraction of sp³-hybridized carbons (Fsp3) is 0.444. The van der Waals surface area contributed by atoms with Crippen molar-refractivity contribution in [1.82, 2.24) is 14.9 Å². The number of nitro groups is 1. The van der Waals surface area contributed by atoms with Crippen molar-refractivity contribution in [3.63, 3.8) is 0 Å². The van der Waals surface area contributed by atoms with Gasteiger partial charge in [-0.25, -0.2) is 4.98 Å². The Morgan fingerprint density at radius 2 is 2.08 bits per heavy atom. The highest BCUT2D eigenvalue weighted by Gasteiger charge is 2.15. The third kappa shape index (κ3) is 4.70. The molecule has 1 saturated heterocycles. The molecule has 0 radical (unpaired) electrons. The summed E-state index contributed by atoms with van der Waals surface area (Å²) < 4.78 is 0. The first kappa shape index (κ1) is 18.6. The summed E-state index contributed by atoms with van der Waals surface area (Å²) in [4.78, 5) is 32.6. The number of aryl methyl sites for hydroxylation is 1. The predicted molar refractivity (Wildman–Crippen MR) is 101 cm³/mol. The van der Waals surface area contributed by atoms with Crippen LogP contribution in [0.15, 0.2) is 34.2 Å². The molecular weight excluding hydrogens is 352 g/mol. The van der Waals surface area contributed by atoms with E-state index in [9.17, 15) is 14.9 Å². The number of nitro benzene ring substituents is 1. The molecule has 1 aliphatic heterocycles. The van der Waals surface area contributed by atoms with Crippen LogP contribution in [0.25, 0.3) is 0 Å². The van der Waals surface area contributed by atoms with Gasteiger partial charge in [-0.2, -0.15) is 0 Å². The number of thioether (sulfide) groups is 1. The highest BCUT2D eigenvalue weighted by molar-refractivity contribution is 7.98. The fourth-order valence-corrected chi connectivity index (χ4v) is 3.94. The second-order valence-electron chi connectivity index (χ2n) is 6.49. The fourth-order valence-electron chi connectivity index (χ4n) is 3.09. The van der Waals surface area contributed by atoms with E-state index in [1.807, 2.05) is 13.0 Å². The largest absolute Gasteiger partial charge is 0.301 e. The predicted octanol–water partition coefficient (Wildman–Crippen LogP) is 3.26. The zero-order chi connectivity index (χ0) is 18.5. The van der Waals surface area contributed by atoms with E-state index < -0.39 is 4.92 Å². The van der Waals surface area contributed by atoms with Crippen LogP contribution in [-0.4, -0.2) is 32.9 Å². The standard InChI is InChI=1S/C18H22N4O3S/c1-13-16(11-21-8-3-2-4-9-21)17(23)20-18(19-13)26-12-14-6-5-7-15(10-14)22(24)25/h5-7,10H,2-4,8-9,11-12H2,1H3,(H,19,20,23). The van der Waals surface area contributed by atoms with Gasteiger partial charge in [0, 0.05) is 24.4 Å². The van der Waals surface area contributed by atoms with Gasteiger partial charge in [-0.05, 0) is 38.4 Å². The Hall–Kier alpha value is -2.19. The average molecular weight is 374 g/mol. The maximum atomic E-state index is 12.5. The number of nitrogens with one attached hydrogen (secondary N) is 1. The van der Waals surface area contributed by atoms with Crippen molar-refractivity contribution >= 4 is 17.4 Å². The number of hydrogen-bond donors (Lipinski definition) is 1. The van der Waals surface area contributed by atoms with Crippen molar-refractivity contribution in [1.29, 1.82) is 0 Å². The smallest absolute Gasteiger partial charge is 0.269 e. The summed E-state index contributed by atoms with van der Waals surface area (Å²) in [6.45, 7) is 4.57. The van der Waals surface area contributed by atoms with Crippen molar-refractivity contribution in [2.75, 3.05) is 13.1 Å². The van der Waals surface area contributed by atoms with Gasteiger partial charge in [0.15, 0.2) is 5.16 Å². The van der Waals surface area contributed by atoms with Crippen LogP contribution in [0.4, 0.5) is 5.69 Å². The molecule has 1 aliphatic rings. The summed E-state index contributed by atoms with van der Waals surface area (Å²) in [6, 6.07) is 6.50. The molecule has 138 valence electrons. The quantitative estimate of drug-likeness (QED) is 0.361. The molecular formula is C18H22N4O3S. The number of H-pyrrole nitrogens is 1.